The van der Waals surface area contributed by atoms with Crippen molar-refractivity contribution in [3.63, 3.8) is 0 Å². The first-order chi connectivity index (χ1) is 16.2. The van der Waals surface area contributed by atoms with Gasteiger partial charge in [-0.1, -0.05) is 55.8 Å². The van der Waals surface area contributed by atoms with Crippen LogP contribution in [0.15, 0.2) is 60.0 Å². The lowest BCUT2D eigenvalue weighted by atomic mass is 10.2. The third-order valence-electron chi connectivity index (χ3n) is 5.24. The molecule has 8 heteroatoms. The monoisotopic (exact) mass is 501 g/mol. The van der Waals surface area contributed by atoms with Gasteiger partial charge in [0.2, 0.25) is 5.91 Å². The largest absolute Gasteiger partial charge is 0.332 e. The van der Waals surface area contributed by atoms with Crippen molar-refractivity contribution in [2.24, 2.45) is 5.92 Å². The van der Waals surface area contributed by atoms with Gasteiger partial charge in [-0.15, -0.1) is 11.3 Å². The Balaban J connectivity index is 1.78. The Morgan fingerprint density at radius 3 is 2.41 bits per heavy atom. The molecule has 0 fully saturated rings. The topological polar surface area (TPSA) is 52.7 Å². The van der Waals surface area contributed by atoms with Crippen LogP contribution in [0, 0.1) is 18.7 Å². The minimum atomic E-state index is -0.561. The minimum absolute atomic E-state index is 0.0732. The zero-order valence-corrected chi connectivity index (χ0v) is 21.1. The number of aryl methyl sites for hydroxylation is 1. The lowest BCUT2D eigenvalue weighted by molar-refractivity contribution is -0.133. The molecule has 0 atom stereocenters. The van der Waals surface area contributed by atoms with Crippen molar-refractivity contribution in [1.82, 2.24) is 9.80 Å². The molecule has 5 nitrogen and oxygen atoms in total. The van der Waals surface area contributed by atoms with Gasteiger partial charge in [-0.25, -0.2) is 9.18 Å². The van der Waals surface area contributed by atoms with Crippen LogP contribution in [-0.2, 0) is 17.9 Å². The van der Waals surface area contributed by atoms with E-state index in [9.17, 15) is 14.0 Å². The van der Waals surface area contributed by atoms with Gasteiger partial charge >= 0.3 is 6.03 Å². The Bertz CT molecular complexity index is 1120. The van der Waals surface area contributed by atoms with Gasteiger partial charge in [-0.3, -0.25) is 4.79 Å². The highest BCUT2D eigenvalue weighted by Gasteiger charge is 2.23. The SMILES string of the molecule is Cc1ccsc1CN(Cc1ccccc1)C(=O)CN(CC(C)C)C(=O)Nc1ccc(F)c(Cl)c1. The maximum atomic E-state index is 13.5. The number of benzene rings is 2. The zero-order chi connectivity index (χ0) is 24.7. The Morgan fingerprint density at radius 2 is 1.79 bits per heavy atom. The van der Waals surface area contributed by atoms with Gasteiger partial charge in [0.1, 0.15) is 12.4 Å². The summed E-state index contributed by atoms with van der Waals surface area (Å²) in [7, 11) is 0. The second-order valence-corrected chi connectivity index (χ2v) is 10.0. The number of hydrogen-bond donors (Lipinski definition) is 1. The highest BCUT2D eigenvalue weighted by Crippen LogP contribution is 2.21. The van der Waals surface area contributed by atoms with E-state index in [4.69, 9.17) is 11.6 Å². The van der Waals surface area contributed by atoms with Gasteiger partial charge in [0.05, 0.1) is 11.6 Å². The molecule has 1 aromatic heterocycles. The second-order valence-electron chi connectivity index (χ2n) is 8.60. The number of urea groups is 1. The molecule has 0 aliphatic heterocycles. The van der Waals surface area contributed by atoms with Gasteiger partial charge < -0.3 is 15.1 Å². The lowest BCUT2D eigenvalue weighted by Gasteiger charge is -2.29. The van der Waals surface area contributed by atoms with Crippen LogP contribution in [0.3, 0.4) is 0 Å². The van der Waals surface area contributed by atoms with E-state index >= 15 is 0 Å². The number of hydrogen-bond acceptors (Lipinski definition) is 3. The van der Waals surface area contributed by atoms with E-state index in [2.05, 4.69) is 5.32 Å². The number of nitrogens with zero attached hydrogens (tertiary/aromatic N) is 2. The smallest absolute Gasteiger partial charge is 0.322 e. The number of carbonyl (C=O) groups is 2. The van der Waals surface area contributed by atoms with Crippen LogP contribution in [-0.4, -0.2) is 34.8 Å². The lowest BCUT2D eigenvalue weighted by Crippen LogP contribution is -2.45. The average Bonchev–Trinajstić information content (AvgIpc) is 3.20. The molecule has 0 saturated carbocycles. The second kappa shape index (κ2) is 12.0. The Labute approximate surface area is 209 Å². The van der Waals surface area contributed by atoms with Crippen molar-refractivity contribution >= 4 is 40.6 Å². The predicted octanol–water partition coefficient (Wildman–Crippen LogP) is 6.57. The van der Waals surface area contributed by atoms with Gasteiger partial charge in [-0.05, 0) is 53.6 Å². The van der Waals surface area contributed by atoms with Crippen LogP contribution in [0.2, 0.25) is 5.02 Å². The van der Waals surface area contributed by atoms with E-state index in [-0.39, 0.29) is 23.4 Å². The summed E-state index contributed by atoms with van der Waals surface area (Å²) in [6.07, 6.45) is 0. The summed E-state index contributed by atoms with van der Waals surface area (Å²) in [6, 6.07) is 15.4. The molecular weight excluding hydrogens is 473 g/mol. The Kier molecular flexibility index (Phi) is 9.07. The quantitative estimate of drug-likeness (QED) is 0.360. The molecule has 0 radical (unpaired) electrons. The summed E-state index contributed by atoms with van der Waals surface area (Å²) in [5, 5.41) is 4.67. The molecule has 2 aromatic carbocycles. The van der Waals surface area contributed by atoms with Gasteiger partial charge in [0.15, 0.2) is 0 Å². The molecule has 0 bridgehead atoms. The maximum Gasteiger partial charge on any atom is 0.322 e. The molecule has 180 valence electrons. The fourth-order valence-electron chi connectivity index (χ4n) is 3.48. The number of halogens is 2. The van der Waals surface area contributed by atoms with E-state index in [1.165, 1.54) is 23.1 Å². The third-order valence-corrected chi connectivity index (χ3v) is 6.54. The molecule has 1 heterocycles. The van der Waals surface area contributed by atoms with Gasteiger partial charge in [0.25, 0.3) is 0 Å². The molecule has 3 aromatic rings. The molecule has 0 saturated heterocycles. The molecule has 0 aliphatic carbocycles. The number of nitrogens with one attached hydrogen (secondary N) is 1. The Hall–Kier alpha value is -2.90. The standard InChI is InChI=1S/C26H29ClFN3O2S/c1-18(2)14-31(26(33)29-21-9-10-23(28)22(27)13-21)17-25(32)30(15-20-7-5-4-6-8-20)16-24-19(3)11-12-34-24/h4-13,18H,14-17H2,1-3H3,(H,29,33). The normalized spacial score (nSPS) is 10.9. The molecule has 3 amide bonds. The van der Waals surface area contributed by atoms with Crippen molar-refractivity contribution in [2.45, 2.75) is 33.9 Å². The van der Waals surface area contributed by atoms with Crippen molar-refractivity contribution in [2.75, 3.05) is 18.4 Å². The number of amides is 3. The molecule has 0 spiro atoms. The van der Waals surface area contributed by atoms with Gasteiger partial charge in [-0.2, -0.15) is 0 Å². The van der Waals surface area contributed by atoms with E-state index in [0.717, 1.165) is 16.0 Å². The summed E-state index contributed by atoms with van der Waals surface area (Å²) in [6.45, 7) is 7.24. The predicted molar refractivity (Wildman–Crippen MR) is 137 cm³/mol. The van der Waals surface area contributed by atoms with Crippen LogP contribution in [0.25, 0.3) is 0 Å². The van der Waals surface area contributed by atoms with E-state index < -0.39 is 11.8 Å². The third kappa shape index (κ3) is 7.30. The molecule has 0 aliphatic rings. The molecule has 34 heavy (non-hydrogen) atoms. The summed E-state index contributed by atoms with van der Waals surface area (Å²) < 4.78 is 13.5. The van der Waals surface area contributed by atoms with Crippen LogP contribution in [0.5, 0.6) is 0 Å². The van der Waals surface area contributed by atoms with Crippen LogP contribution in [0.4, 0.5) is 14.9 Å². The number of carbonyl (C=O) groups excluding carboxylic acids is 2. The first-order valence-corrected chi connectivity index (χ1v) is 12.3. The summed E-state index contributed by atoms with van der Waals surface area (Å²) in [5.41, 5.74) is 2.53. The number of anilines is 1. The minimum Gasteiger partial charge on any atom is -0.332 e. The number of thiophene rings is 1. The Morgan fingerprint density at radius 1 is 1.06 bits per heavy atom. The van der Waals surface area contributed by atoms with E-state index in [1.54, 1.807) is 16.2 Å². The molecule has 1 N–H and O–H groups in total. The highest BCUT2D eigenvalue weighted by molar-refractivity contribution is 7.10. The van der Waals surface area contributed by atoms with Crippen molar-refractivity contribution in [1.29, 1.82) is 0 Å². The average molecular weight is 502 g/mol. The first-order valence-electron chi connectivity index (χ1n) is 11.1. The maximum absolute atomic E-state index is 13.5. The van der Waals surface area contributed by atoms with Crippen molar-refractivity contribution in [3.05, 3.63) is 86.8 Å². The van der Waals surface area contributed by atoms with Crippen LogP contribution >= 0.6 is 22.9 Å². The fraction of sp³-hybridized carbons (Fsp3) is 0.308. The van der Waals surface area contributed by atoms with E-state index in [1.807, 2.05) is 62.5 Å². The molecule has 3 rings (SSSR count). The fourth-order valence-corrected chi connectivity index (χ4v) is 4.58. The van der Waals surface area contributed by atoms with Crippen molar-refractivity contribution in [3.8, 4) is 0 Å². The number of rotatable bonds is 9. The summed E-state index contributed by atoms with van der Waals surface area (Å²) in [4.78, 5) is 30.9. The molecule has 0 unspecified atom stereocenters. The van der Waals surface area contributed by atoms with Crippen molar-refractivity contribution < 1.29 is 14.0 Å². The summed E-state index contributed by atoms with van der Waals surface area (Å²) >= 11 is 7.46. The molecular formula is C26H29ClFN3O2S. The summed E-state index contributed by atoms with van der Waals surface area (Å²) in [5.74, 6) is -0.559. The zero-order valence-electron chi connectivity index (χ0n) is 19.6. The van der Waals surface area contributed by atoms with Crippen LogP contribution in [0.1, 0.15) is 29.9 Å². The van der Waals surface area contributed by atoms with E-state index in [0.29, 0.717) is 25.3 Å². The van der Waals surface area contributed by atoms with Gasteiger partial charge in [0, 0.05) is 23.7 Å². The first kappa shape index (κ1) is 25.7. The highest BCUT2D eigenvalue weighted by atomic mass is 35.5. The van der Waals surface area contributed by atoms with Crippen LogP contribution < -0.4 is 5.32 Å².